The molecule has 122 valence electrons. The van der Waals surface area contributed by atoms with Crippen molar-refractivity contribution in [2.45, 2.75) is 6.04 Å². The topological polar surface area (TPSA) is 82.7 Å². The average molecular weight is 329 g/mol. The number of rotatable bonds is 3. The van der Waals surface area contributed by atoms with E-state index in [0.717, 1.165) is 16.8 Å². The molecule has 0 aliphatic carbocycles. The number of nitrogens with zero attached hydrogens (tertiary/aromatic N) is 3. The molecule has 1 unspecified atom stereocenters. The molecule has 2 N–H and O–H groups in total. The number of carbonyl (C=O) groups is 1. The highest BCUT2D eigenvalue weighted by Crippen LogP contribution is 2.38. The number of amides is 2. The summed E-state index contributed by atoms with van der Waals surface area (Å²) in [6.07, 6.45) is 3.62. The summed E-state index contributed by atoms with van der Waals surface area (Å²) in [7, 11) is 0. The number of benzene rings is 2. The number of hydrogen-bond donors (Lipinski definition) is 2. The monoisotopic (exact) mass is 329 g/mol. The van der Waals surface area contributed by atoms with E-state index >= 15 is 0 Å². The molecule has 0 saturated heterocycles. The number of anilines is 1. The van der Waals surface area contributed by atoms with Gasteiger partial charge in [-0.05, 0) is 17.7 Å². The van der Waals surface area contributed by atoms with Gasteiger partial charge in [0.1, 0.15) is 6.07 Å². The first-order valence-electron chi connectivity index (χ1n) is 7.93. The molecule has 1 aliphatic rings. The lowest BCUT2D eigenvalue weighted by atomic mass is 10.0. The summed E-state index contributed by atoms with van der Waals surface area (Å²) in [6.45, 7) is 0.431. The SMILES string of the molecule is N#Cc1ccccc1NC(=O)NCC1c2ccccc2-c2cncn21. The van der Waals surface area contributed by atoms with Crippen LogP contribution in [-0.2, 0) is 0 Å². The number of urea groups is 1. The fourth-order valence-corrected chi connectivity index (χ4v) is 3.19. The second-order valence-corrected chi connectivity index (χ2v) is 5.78. The van der Waals surface area contributed by atoms with Crippen LogP contribution in [0.3, 0.4) is 0 Å². The largest absolute Gasteiger partial charge is 0.335 e. The molecule has 0 radical (unpaired) electrons. The van der Waals surface area contributed by atoms with Crippen LogP contribution in [0.1, 0.15) is 17.2 Å². The number of carbonyl (C=O) groups excluding carboxylic acids is 1. The molecule has 1 atom stereocenters. The predicted octanol–water partition coefficient (Wildman–Crippen LogP) is 3.15. The van der Waals surface area contributed by atoms with Crippen LogP contribution in [0.2, 0.25) is 0 Å². The minimum atomic E-state index is -0.339. The maximum Gasteiger partial charge on any atom is 0.319 e. The smallest absolute Gasteiger partial charge is 0.319 e. The highest BCUT2D eigenvalue weighted by atomic mass is 16.2. The van der Waals surface area contributed by atoms with E-state index in [4.69, 9.17) is 5.26 Å². The van der Waals surface area contributed by atoms with Crippen LogP contribution in [0, 0.1) is 11.3 Å². The quantitative estimate of drug-likeness (QED) is 0.774. The van der Waals surface area contributed by atoms with Crippen molar-refractivity contribution < 1.29 is 4.79 Å². The van der Waals surface area contributed by atoms with Gasteiger partial charge in [-0.3, -0.25) is 0 Å². The van der Waals surface area contributed by atoms with Gasteiger partial charge in [0.05, 0.1) is 35.5 Å². The first-order valence-corrected chi connectivity index (χ1v) is 7.93. The van der Waals surface area contributed by atoms with Crippen molar-refractivity contribution in [3.05, 3.63) is 72.2 Å². The van der Waals surface area contributed by atoms with Crippen molar-refractivity contribution >= 4 is 11.7 Å². The number of fused-ring (bicyclic) bond motifs is 3. The van der Waals surface area contributed by atoms with Gasteiger partial charge in [0.25, 0.3) is 0 Å². The van der Waals surface area contributed by atoms with E-state index in [-0.39, 0.29) is 12.1 Å². The van der Waals surface area contributed by atoms with E-state index in [1.165, 1.54) is 0 Å². The Balaban J connectivity index is 1.49. The number of nitrogens with one attached hydrogen (secondary N) is 2. The van der Waals surface area contributed by atoms with Crippen molar-refractivity contribution in [2.24, 2.45) is 0 Å². The number of para-hydroxylation sites is 1. The molecule has 4 rings (SSSR count). The second-order valence-electron chi connectivity index (χ2n) is 5.78. The van der Waals surface area contributed by atoms with E-state index in [9.17, 15) is 4.79 Å². The standard InChI is InChI=1S/C19H15N5O/c20-9-13-5-1-4-8-16(13)23-19(25)22-11-18-15-7-3-2-6-14(15)17-10-21-12-24(17)18/h1-8,10,12,18H,11H2,(H2,22,23,25). The summed E-state index contributed by atoms with van der Waals surface area (Å²) >= 11 is 0. The van der Waals surface area contributed by atoms with Crippen LogP contribution >= 0.6 is 0 Å². The van der Waals surface area contributed by atoms with E-state index in [1.807, 2.05) is 18.3 Å². The fraction of sp³-hybridized carbons (Fsp3) is 0.105. The highest BCUT2D eigenvalue weighted by Gasteiger charge is 2.28. The van der Waals surface area contributed by atoms with Gasteiger partial charge in [0.2, 0.25) is 0 Å². The van der Waals surface area contributed by atoms with Gasteiger partial charge in [-0.1, -0.05) is 36.4 Å². The minimum absolute atomic E-state index is 0.00524. The zero-order valence-corrected chi connectivity index (χ0v) is 13.3. The molecule has 1 aliphatic heterocycles. The van der Waals surface area contributed by atoms with Gasteiger partial charge in [0.15, 0.2) is 0 Å². The van der Waals surface area contributed by atoms with Gasteiger partial charge >= 0.3 is 6.03 Å². The Kier molecular flexibility index (Phi) is 3.67. The second kappa shape index (κ2) is 6.13. The first-order chi connectivity index (χ1) is 12.3. The van der Waals surface area contributed by atoms with Gasteiger partial charge in [0, 0.05) is 12.1 Å². The third-order valence-corrected chi connectivity index (χ3v) is 4.35. The lowest BCUT2D eigenvalue weighted by Gasteiger charge is -2.16. The Morgan fingerprint density at radius 2 is 2.00 bits per heavy atom. The summed E-state index contributed by atoms with van der Waals surface area (Å²) in [5.41, 5.74) is 4.29. The third kappa shape index (κ3) is 2.62. The molecular formula is C19H15N5O. The van der Waals surface area contributed by atoms with Crippen molar-refractivity contribution in [3.8, 4) is 17.3 Å². The van der Waals surface area contributed by atoms with E-state index in [1.54, 1.807) is 30.6 Å². The van der Waals surface area contributed by atoms with E-state index in [0.29, 0.717) is 17.8 Å². The Labute approximate surface area is 144 Å². The Hall–Kier alpha value is -3.59. The minimum Gasteiger partial charge on any atom is -0.335 e. The molecule has 3 aromatic rings. The number of hydrogen-bond acceptors (Lipinski definition) is 3. The molecule has 0 bridgehead atoms. The number of nitriles is 1. The highest BCUT2D eigenvalue weighted by molar-refractivity contribution is 5.90. The van der Waals surface area contributed by atoms with Crippen LogP contribution < -0.4 is 10.6 Å². The lowest BCUT2D eigenvalue weighted by Crippen LogP contribution is -2.33. The Morgan fingerprint density at radius 3 is 2.88 bits per heavy atom. The van der Waals surface area contributed by atoms with Crippen LogP contribution in [-0.4, -0.2) is 22.1 Å². The van der Waals surface area contributed by atoms with Crippen molar-refractivity contribution in [2.75, 3.05) is 11.9 Å². The van der Waals surface area contributed by atoms with Crippen LogP contribution in [0.15, 0.2) is 61.1 Å². The summed E-state index contributed by atoms with van der Waals surface area (Å²) in [6, 6.07) is 16.8. The molecule has 0 saturated carbocycles. The Morgan fingerprint density at radius 1 is 1.20 bits per heavy atom. The van der Waals surface area contributed by atoms with Crippen LogP contribution in [0.25, 0.3) is 11.3 Å². The molecule has 25 heavy (non-hydrogen) atoms. The van der Waals surface area contributed by atoms with E-state index < -0.39 is 0 Å². The number of imidazole rings is 1. The molecule has 2 heterocycles. The normalized spacial score (nSPS) is 14.3. The molecule has 0 fully saturated rings. The van der Waals surface area contributed by atoms with Gasteiger partial charge in [-0.2, -0.15) is 5.26 Å². The molecule has 2 aromatic carbocycles. The van der Waals surface area contributed by atoms with Crippen molar-refractivity contribution in [1.82, 2.24) is 14.9 Å². The number of aromatic nitrogens is 2. The molecule has 2 amide bonds. The maximum absolute atomic E-state index is 12.2. The summed E-state index contributed by atoms with van der Waals surface area (Å²) in [5.74, 6) is 0. The molecular weight excluding hydrogens is 314 g/mol. The van der Waals surface area contributed by atoms with Crippen LogP contribution in [0.4, 0.5) is 10.5 Å². The summed E-state index contributed by atoms with van der Waals surface area (Å²) < 4.78 is 2.06. The van der Waals surface area contributed by atoms with Gasteiger partial charge in [-0.25, -0.2) is 9.78 Å². The van der Waals surface area contributed by atoms with Crippen molar-refractivity contribution in [3.63, 3.8) is 0 Å². The zero-order chi connectivity index (χ0) is 17.2. The Bertz CT molecular complexity index is 985. The maximum atomic E-state index is 12.2. The lowest BCUT2D eigenvalue weighted by molar-refractivity contribution is 0.251. The fourth-order valence-electron chi connectivity index (χ4n) is 3.19. The van der Waals surface area contributed by atoms with Gasteiger partial charge in [-0.15, -0.1) is 0 Å². The first kappa shape index (κ1) is 15.0. The van der Waals surface area contributed by atoms with E-state index in [2.05, 4.69) is 38.4 Å². The average Bonchev–Trinajstić information content (AvgIpc) is 3.22. The molecule has 6 heteroatoms. The van der Waals surface area contributed by atoms with Crippen molar-refractivity contribution in [1.29, 1.82) is 5.26 Å². The zero-order valence-electron chi connectivity index (χ0n) is 13.3. The van der Waals surface area contributed by atoms with Gasteiger partial charge < -0.3 is 15.2 Å². The summed E-state index contributed by atoms with van der Waals surface area (Å²) in [4.78, 5) is 16.5. The molecule has 0 spiro atoms. The predicted molar refractivity (Wildman–Crippen MR) is 94.0 cm³/mol. The van der Waals surface area contributed by atoms with Crippen LogP contribution in [0.5, 0.6) is 0 Å². The molecule has 6 nitrogen and oxygen atoms in total. The third-order valence-electron chi connectivity index (χ3n) is 4.35. The molecule has 1 aromatic heterocycles. The summed E-state index contributed by atoms with van der Waals surface area (Å²) in [5, 5.41) is 14.7.